The average molecular weight is 324 g/mol. The molecule has 2 aliphatic rings. The zero-order valence-electron chi connectivity index (χ0n) is 13.4. The molecule has 0 saturated carbocycles. The lowest BCUT2D eigenvalue weighted by Gasteiger charge is -2.36. The van der Waals surface area contributed by atoms with E-state index in [4.69, 9.17) is 5.73 Å². The number of primary amides is 1. The molecule has 1 aliphatic carbocycles. The van der Waals surface area contributed by atoms with Gasteiger partial charge in [-0.25, -0.2) is 0 Å². The fourth-order valence-electron chi connectivity index (χ4n) is 3.93. The second-order valence-corrected chi connectivity index (χ2v) is 6.80. The van der Waals surface area contributed by atoms with Crippen molar-refractivity contribution in [1.82, 2.24) is 4.90 Å². The van der Waals surface area contributed by atoms with E-state index in [0.717, 1.165) is 18.2 Å². The lowest BCUT2D eigenvalue weighted by atomic mass is 9.90. The molecule has 1 saturated heterocycles. The van der Waals surface area contributed by atoms with Crippen molar-refractivity contribution in [3.63, 3.8) is 0 Å². The first-order chi connectivity index (χ1) is 11.5. The Morgan fingerprint density at radius 1 is 1.04 bits per heavy atom. The van der Waals surface area contributed by atoms with Crippen LogP contribution in [0.3, 0.4) is 0 Å². The van der Waals surface area contributed by atoms with Crippen molar-refractivity contribution in [2.75, 3.05) is 13.1 Å². The van der Waals surface area contributed by atoms with E-state index in [-0.39, 0.29) is 18.7 Å². The van der Waals surface area contributed by atoms with E-state index in [1.54, 1.807) is 4.90 Å². The van der Waals surface area contributed by atoms with Crippen molar-refractivity contribution in [2.24, 2.45) is 5.73 Å². The number of piperidine rings is 1. The van der Waals surface area contributed by atoms with E-state index in [1.165, 1.54) is 16.5 Å². The van der Waals surface area contributed by atoms with Crippen LogP contribution in [-0.4, -0.2) is 40.5 Å². The Hall–Kier alpha value is -2.40. The maximum absolute atomic E-state index is 13.0. The van der Waals surface area contributed by atoms with E-state index >= 15 is 0 Å². The molecule has 1 heterocycles. The van der Waals surface area contributed by atoms with Crippen LogP contribution in [0.1, 0.15) is 34.3 Å². The number of rotatable bonds is 2. The molecule has 124 valence electrons. The minimum Gasteiger partial charge on any atom is -0.380 e. The molecule has 2 amide bonds. The third kappa shape index (κ3) is 2.19. The summed E-state index contributed by atoms with van der Waals surface area (Å²) in [4.78, 5) is 26.0. The number of benzene rings is 2. The second kappa shape index (κ2) is 5.31. The number of nitrogens with zero attached hydrogens (tertiary/aromatic N) is 1. The Morgan fingerprint density at radius 3 is 2.38 bits per heavy atom. The van der Waals surface area contributed by atoms with Crippen LogP contribution in [0.4, 0.5) is 0 Å². The highest BCUT2D eigenvalue weighted by molar-refractivity contribution is 6.09. The molecule has 0 aromatic heterocycles. The van der Waals surface area contributed by atoms with Gasteiger partial charge in [-0.2, -0.15) is 0 Å². The molecule has 0 radical (unpaired) electrons. The fraction of sp³-hybridized carbons (Fsp3) is 0.368. The first kappa shape index (κ1) is 15.1. The molecule has 1 aliphatic heterocycles. The molecule has 0 spiro atoms. The van der Waals surface area contributed by atoms with E-state index in [1.807, 2.05) is 18.2 Å². The predicted molar refractivity (Wildman–Crippen MR) is 90.6 cm³/mol. The number of aliphatic hydroxyl groups is 1. The van der Waals surface area contributed by atoms with E-state index in [2.05, 4.69) is 12.1 Å². The number of hydrogen-bond donors (Lipinski definition) is 2. The standard InChI is InChI=1S/C19H20N2O3/c20-18(23)19(24)8-10-21(11-9-19)17(22)15-7-6-13-5-4-12-2-1-3-14(15)16(12)13/h1-3,6-7,24H,4-5,8-11H2,(H2,20,23). The highest BCUT2D eigenvalue weighted by Crippen LogP contribution is 2.33. The molecule has 24 heavy (non-hydrogen) atoms. The maximum atomic E-state index is 13.0. The summed E-state index contributed by atoms with van der Waals surface area (Å²) in [5.74, 6) is -0.753. The number of likely N-dealkylation sites (tertiary alicyclic amines) is 1. The molecule has 2 aromatic rings. The molecule has 0 atom stereocenters. The summed E-state index contributed by atoms with van der Waals surface area (Å²) in [6, 6.07) is 10.1. The molecule has 3 N–H and O–H groups in total. The van der Waals surface area contributed by atoms with E-state index in [0.29, 0.717) is 18.7 Å². The van der Waals surface area contributed by atoms with Crippen LogP contribution in [0, 0.1) is 0 Å². The van der Waals surface area contributed by atoms with Crippen molar-refractivity contribution < 1.29 is 14.7 Å². The Bertz CT molecular complexity index is 841. The molecule has 0 bridgehead atoms. The summed E-state index contributed by atoms with van der Waals surface area (Å²) in [6.45, 7) is 0.669. The third-order valence-electron chi connectivity index (χ3n) is 5.44. The summed E-state index contributed by atoms with van der Waals surface area (Å²) < 4.78 is 0. The van der Waals surface area contributed by atoms with E-state index < -0.39 is 11.5 Å². The maximum Gasteiger partial charge on any atom is 0.254 e. The minimum absolute atomic E-state index is 0.0443. The van der Waals surface area contributed by atoms with Gasteiger partial charge >= 0.3 is 0 Å². The normalized spacial score (nSPS) is 18.8. The number of aryl methyl sites for hydroxylation is 2. The van der Waals surface area contributed by atoms with Gasteiger partial charge in [0.05, 0.1) is 0 Å². The van der Waals surface area contributed by atoms with Gasteiger partial charge in [-0.05, 0) is 40.8 Å². The first-order valence-corrected chi connectivity index (χ1v) is 8.35. The van der Waals surface area contributed by atoms with Crippen molar-refractivity contribution in [2.45, 2.75) is 31.3 Å². The molecule has 5 nitrogen and oxygen atoms in total. The number of hydrogen-bond acceptors (Lipinski definition) is 3. The third-order valence-corrected chi connectivity index (χ3v) is 5.44. The number of nitrogens with two attached hydrogens (primary N) is 1. The summed E-state index contributed by atoms with van der Waals surface area (Å²) in [7, 11) is 0. The molecule has 0 unspecified atom stereocenters. The van der Waals surface area contributed by atoms with Crippen LogP contribution in [0.25, 0.3) is 10.8 Å². The lowest BCUT2D eigenvalue weighted by Crippen LogP contribution is -2.53. The summed E-state index contributed by atoms with van der Waals surface area (Å²) in [5.41, 5.74) is 7.07. The molecular formula is C19H20N2O3. The smallest absolute Gasteiger partial charge is 0.254 e. The van der Waals surface area contributed by atoms with Crippen LogP contribution < -0.4 is 5.73 Å². The van der Waals surface area contributed by atoms with Crippen LogP contribution in [0.2, 0.25) is 0 Å². The Labute approximate surface area is 140 Å². The van der Waals surface area contributed by atoms with Crippen molar-refractivity contribution in [3.05, 3.63) is 47.0 Å². The topological polar surface area (TPSA) is 83.6 Å². The largest absolute Gasteiger partial charge is 0.380 e. The molecule has 4 rings (SSSR count). The van der Waals surface area contributed by atoms with Gasteiger partial charge < -0.3 is 15.7 Å². The lowest BCUT2D eigenvalue weighted by molar-refractivity contribution is -0.140. The van der Waals surface area contributed by atoms with Crippen molar-refractivity contribution in [3.8, 4) is 0 Å². The van der Waals surface area contributed by atoms with Gasteiger partial charge in [0, 0.05) is 31.5 Å². The Balaban J connectivity index is 1.65. The Morgan fingerprint density at radius 2 is 1.71 bits per heavy atom. The van der Waals surface area contributed by atoms with Crippen molar-refractivity contribution in [1.29, 1.82) is 0 Å². The zero-order chi connectivity index (χ0) is 16.9. The zero-order valence-corrected chi connectivity index (χ0v) is 13.4. The van der Waals surface area contributed by atoms with Gasteiger partial charge in [0.25, 0.3) is 5.91 Å². The predicted octanol–water partition coefficient (Wildman–Crippen LogP) is 1.39. The van der Waals surface area contributed by atoms with Gasteiger partial charge in [0.1, 0.15) is 5.60 Å². The number of carbonyl (C=O) groups is 2. The SMILES string of the molecule is NC(=O)C1(O)CCN(C(=O)c2ccc3c4c(cccc24)CC3)CC1. The summed E-state index contributed by atoms with van der Waals surface area (Å²) >= 11 is 0. The van der Waals surface area contributed by atoms with Gasteiger partial charge in [-0.3, -0.25) is 9.59 Å². The summed E-state index contributed by atoms with van der Waals surface area (Å²) in [5, 5.41) is 12.4. The molecule has 5 heteroatoms. The molecular weight excluding hydrogens is 304 g/mol. The Kier molecular flexibility index (Phi) is 3.35. The van der Waals surface area contributed by atoms with Crippen LogP contribution >= 0.6 is 0 Å². The quantitative estimate of drug-likeness (QED) is 0.875. The fourth-order valence-corrected chi connectivity index (χ4v) is 3.93. The number of amides is 2. The molecule has 2 aromatic carbocycles. The van der Waals surface area contributed by atoms with Crippen LogP contribution in [0.5, 0.6) is 0 Å². The van der Waals surface area contributed by atoms with Gasteiger partial charge in [-0.1, -0.05) is 24.3 Å². The van der Waals surface area contributed by atoms with Gasteiger partial charge in [0.2, 0.25) is 5.91 Å². The number of carbonyl (C=O) groups excluding carboxylic acids is 2. The average Bonchev–Trinajstić information content (AvgIpc) is 3.00. The van der Waals surface area contributed by atoms with Crippen molar-refractivity contribution >= 4 is 22.6 Å². The summed E-state index contributed by atoms with van der Waals surface area (Å²) in [6.07, 6.45) is 2.43. The van der Waals surface area contributed by atoms with Crippen LogP contribution in [-0.2, 0) is 17.6 Å². The monoisotopic (exact) mass is 324 g/mol. The van der Waals surface area contributed by atoms with Crippen LogP contribution in [0.15, 0.2) is 30.3 Å². The van der Waals surface area contributed by atoms with E-state index in [9.17, 15) is 14.7 Å². The van der Waals surface area contributed by atoms with Gasteiger partial charge in [0.15, 0.2) is 0 Å². The molecule has 1 fully saturated rings. The highest BCUT2D eigenvalue weighted by atomic mass is 16.3. The van der Waals surface area contributed by atoms with Gasteiger partial charge in [-0.15, -0.1) is 0 Å². The minimum atomic E-state index is -1.49. The first-order valence-electron chi connectivity index (χ1n) is 8.35. The highest BCUT2D eigenvalue weighted by Gasteiger charge is 2.39. The second-order valence-electron chi connectivity index (χ2n) is 6.80.